The van der Waals surface area contributed by atoms with Gasteiger partial charge in [-0.25, -0.2) is 13.4 Å². The number of hydrogen-bond acceptors (Lipinski definition) is 6. The van der Waals surface area contributed by atoms with Gasteiger partial charge in [-0.2, -0.15) is 23.2 Å². The van der Waals surface area contributed by atoms with Crippen molar-refractivity contribution < 1.29 is 21.6 Å². The highest BCUT2D eigenvalue weighted by molar-refractivity contribution is 7.89. The highest BCUT2D eigenvalue weighted by atomic mass is 32.2. The molecule has 0 unspecified atom stereocenters. The molecule has 0 amide bonds. The molecule has 0 bridgehead atoms. The zero-order chi connectivity index (χ0) is 28.7. The van der Waals surface area contributed by atoms with Gasteiger partial charge in [-0.1, -0.05) is 30.3 Å². The van der Waals surface area contributed by atoms with Gasteiger partial charge in [0.25, 0.3) is 0 Å². The molecule has 1 fully saturated rings. The molecule has 0 radical (unpaired) electrons. The number of hydrogen-bond donors (Lipinski definition) is 1. The van der Waals surface area contributed by atoms with Crippen LogP contribution < -0.4 is 9.62 Å². The molecular weight excluding hydrogens is 541 g/mol. The van der Waals surface area contributed by atoms with Crippen LogP contribution in [0, 0.1) is 11.3 Å². The van der Waals surface area contributed by atoms with Gasteiger partial charge in [-0.3, -0.25) is 4.98 Å². The SMILES string of the molecule is C[C@H](NS(=O)(=O)c1ccc(-c2c(C#N)c3cc(N(C)Cc4ccccc4)cnc3n2C2CCC2)nc1)C(F)(F)F. The summed E-state index contributed by atoms with van der Waals surface area (Å²) in [7, 11) is -2.52. The van der Waals surface area contributed by atoms with Gasteiger partial charge in [0, 0.05) is 31.2 Å². The van der Waals surface area contributed by atoms with E-state index in [1.807, 2.05) is 52.9 Å². The maximum Gasteiger partial charge on any atom is 0.404 e. The number of sulfonamides is 1. The number of nitrogens with zero attached hydrogens (tertiary/aromatic N) is 5. The predicted octanol–water partition coefficient (Wildman–Crippen LogP) is 5.56. The van der Waals surface area contributed by atoms with E-state index in [-0.39, 0.29) is 6.04 Å². The lowest BCUT2D eigenvalue weighted by atomic mass is 9.92. The zero-order valence-electron chi connectivity index (χ0n) is 21.9. The molecule has 4 aromatic rings. The third-order valence-electron chi connectivity index (χ3n) is 7.19. The second-order valence-electron chi connectivity index (χ2n) is 9.96. The molecule has 1 saturated carbocycles. The first kappa shape index (κ1) is 27.6. The summed E-state index contributed by atoms with van der Waals surface area (Å²) < 4.78 is 67.5. The molecule has 0 spiro atoms. The van der Waals surface area contributed by atoms with Crippen molar-refractivity contribution in [2.45, 2.75) is 55.9 Å². The van der Waals surface area contributed by atoms with E-state index in [4.69, 9.17) is 4.98 Å². The van der Waals surface area contributed by atoms with Gasteiger partial charge in [0.1, 0.15) is 22.7 Å². The van der Waals surface area contributed by atoms with Crippen LogP contribution >= 0.6 is 0 Å². The molecule has 8 nitrogen and oxygen atoms in total. The molecule has 3 heterocycles. The lowest BCUT2D eigenvalue weighted by Crippen LogP contribution is -2.42. The molecule has 0 saturated heterocycles. The molecule has 0 aliphatic heterocycles. The Kier molecular flexibility index (Phi) is 7.29. The first-order valence-corrected chi connectivity index (χ1v) is 14.2. The summed E-state index contributed by atoms with van der Waals surface area (Å²) in [6.45, 7) is 1.37. The summed E-state index contributed by atoms with van der Waals surface area (Å²) in [5, 5.41) is 10.9. The first-order chi connectivity index (χ1) is 19.0. The van der Waals surface area contributed by atoms with E-state index >= 15 is 0 Å². The largest absolute Gasteiger partial charge is 0.404 e. The Balaban J connectivity index is 1.55. The number of alkyl halides is 3. The fourth-order valence-electron chi connectivity index (χ4n) is 4.75. The van der Waals surface area contributed by atoms with Gasteiger partial charge in [0.2, 0.25) is 10.0 Å². The van der Waals surface area contributed by atoms with Gasteiger partial charge < -0.3 is 9.47 Å². The third-order valence-corrected chi connectivity index (χ3v) is 8.72. The fraction of sp³-hybridized carbons (Fsp3) is 0.321. The number of nitriles is 1. The van der Waals surface area contributed by atoms with E-state index in [1.165, 1.54) is 12.1 Å². The fourth-order valence-corrected chi connectivity index (χ4v) is 5.92. The van der Waals surface area contributed by atoms with Crippen LogP contribution in [-0.2, 0) is 16.6 Å². The Morgan fingerprint density at radius 1 is 1.15 bits per heavy atom. The molecule has 1 N–H and O–H groups in total. The Bertz CT molecular complexity index is 1680. The van der Waals surface area contributed by atoms with Crippen LogP contribution in [0.15, 0.2) is 65.8 Å². The number of aromatic nitrogens is 3. The summed E-state index contributed by atoms with van der Waals surface area (Å²) in [5.41, 5.74) is 3.78. The Morgan fingerprint density at radius 2 is 1.88 bits per heavy atom. The molecule has 5 rings (SSSR count). The quantitative estimate of drug-likeness (QED) is 0.299. The highest BCUT2D eigenvalue weighted by Gasteiger charge is 2.39. The molecule has 3 aromatic heterocycles. The predicted molar refractivity (Wildman–Crippen MR) is 145 cm³/mol. The van der Waals surface area contributed by atoms with Gasteiger partial charge in [-0.15, -0.1) is 0 Å². The average Bonchev–Trinajstić information content (AvgIpc) is 3.20. The van der Waals surface area contributed by atoms with Crippen molar-refractivity contribution in [1.29, 1.82) is 5.26 Å². The van der Waals surface area contributed by atoms with E-state index in [9.17, 15) is 26.9 Å². The molecule has 208 valence electrons. The molecule has 1 atom stereocenters. The number of anilines is 1. The van der Waals surface area contributed by atoms with Gasteiger partial charge in [-0.05, 0) is 49.9 Å². The number of pyridine rings is 2. The van der Waals surface area contributed by atoms with Crippen molar-refractivity contribution >= 4 is 26.7 Å². The van der Waals surface area contributed by atoms with Gasteiger partial charge in [0.15, 0.2) is 0 Å². The summed E-state index contributed by atoms with van der Waals surface area (Å²) in [5.74, 6) is 0. The Morgan fingerprint density at radius 3 is 2.45 bits per heavy atom. The van der Waals surface area contributed by atoms with E-state index in [1.54, 1.807) is 10.9 Å². The van der Waals surface area contributed by atoms with Crippen molar-refractivity contribution in [2.75, 3.05) is 11.9 Å². The number of benzene rings is 1. The van der Waals surface area contributed by atoms with E-state index < -0.39 is 27.1 Å². The Hall–Kier alpha value is -3.95. The lowest BCUT2D eigenvalue weighted by Gasteiger charge is -2.29. The highest BCUT2D eigenvalue weighted by Crippen LogP contribution is 2.42. The minimum absolute atomic E-state index is 0.0968. The van der Waals surface area contributed by atoms with E-state index in [2.05, 4.69) is 11.1 Å². The first-order valence-electron chi connectivity index (χ1n) is 12.7. The minimum Gasteiger partial charge on any atom is -0.369 e. The van der Waals surface area contributed by atoms with Crippen molar-refractivity contribution in [1.82, 2.24) is 19.3 Å². The summed E-state index contributed by atoms with van der Waals surface area (Å²) in [4.78, 5) is 10.7. The van der Waals surface area contributed by atoms with E-state index in [0.717, 1.165) is 43.6 Å². The van der Waals surface area contributed by atoms with Crippen molar-refractivity contribution in [2.24, 2.45) is 0 Å². The molecule has 1 aromatic carbocycles. The van der Waals surface area contributed by atoms with Gasteiger partial charge in [0.05, 0.1) is 28.8 Å². The van der Waals surface area contributed by atoms with Crippen LogP contribution in [0.1, 0.15) is 43.4 Å². The van der Waals surface area contributed by atoms with Crippen LogP contribution in [0.4, 0.5) is 18.9 Å². The maximum absolute atomic E-state index is 12.9. The van der Waals surface area contributed by atoms with Gasteiger partial charge >= 0.3 is 6.18 Å². The van der Waals surface area contributed by atoms with Crippen molar-refractivity contribution in [3.8, 4) is 17.5 Å². The molecule has 12 heteroatoms. The lowest BCUT2D eigenvalue weighted by molar-refractivity contribution is -0.147. The summed E-state index contributed by atoms with van der Waals surface area (Å²) in [6, 6.07) is 14.6. The number of rotatable bonds is 8. The standard InChI is InChI=1S/C28H27F3N6O2S/c1-18(28(29,30)31)35-40(38,39)22-11-12-25(33-16-22)26-24(14-32)23-13-21(36(2)17-19-7-4-3-5-8-19)15-34-27(23)37(26)20-9-6-10-20/h3-5,7-8,11-13,15-16,18,20,35H,6,9-10,17H2,1-2H3/t18-/m0/s1. The average molecular weight is 569 g/mol. The van der Waals surface area contributed by atoms with Crippen molar-refractivity contribution in [3.05, 3.63) is 72.1 Å². The molecule has 1 aliphatic rings. The monoisotopic (exact) mass is 568 g/mol. The van der Waals surface area contributed by atoms with Crippen LogP contribution in [-0.4, -0.2) is 42.2 Å². The summed E-state index contributed by atoms with van der Waals surface area (Å²) >= 11 is 0. The second-order valence-corrected chi connectivity index (χ2v) is 11.7. The molecular formula is C28H27F3N6O2S. The number of halogens is 3. The molecule has 40 heavy (non-hydrogen) atoms. The topological polar surface area (TPSA) is 104 Å². The number of nitrogens with one attached hydrogen (secondary N) is 1. The normalized spacial score (nSPS) is 15.0. The number of fused-ring (bicyclic) bond motifs is 1. The maximum atomic E-state index is 12.9. The minimum atomic E-state index is -4.73. The van der Waals surface area contributed by atoms with Crippen LogP contribution in [0.3, 0.4) is 0 Å². The van der Waals surface area contributed by atoms with Crippen LogP contribution in [0.25, 0.3) is 22.4 Å². The smallest absolute Gasteiger partial charge is 0.369 e. The molecule has 1 aliphatic carbocycles. The van der Waals surface area contributed by atoms with Crippen LogP contribution in [0.2, 0.25) is 0 Å². The zero-order valence-corrected chi connectivity index (χ0v) is 22.7. The Labute approximate surface area is 230 Å². The van der Waals surface area contributed by atoms with E-state index in [0.29, 0.717) is 34.5 Å². The summed E-state index contributed by atoms with van der Waals surface area (Å²) in [6.07, 6.45) is 0.860. The van der Waals surface area contributed by atoms with Crippen LogP contribution in [0.5, 0.6) is 0 Å². The third kappa shape index (κ3) is 5.26. The van der Waals surface area contributed by atoms with Crippen molar-refractivity contribution in [3.63, 3.8) is 0 Å². The second kappa shape index (κ2) is 10.6.